The van der Waals surface area contributed by atoms with Gasteiger partial charge in [0.05, 0.1) is 0 Å². The molecule has 1 unspecified atom stereocenters. The number of carbonyl (C=O) groups is 1. The van der Waals surface area contributed by atoms with Gasteiger partial charge in [-0.1, -0.05) is 48.0 Å². The van der Waals surface area contributed by atoms with E-state index in [0.29, 0.717) is 17.0 Å². The van der Waals surface area contributed by atoms with Crippen LogP contribution in [0.2, 0.25) is 0 Å². The normalized spacial score (nSPS) is 11.8. The van der Waals surface area contributed by atoms with E-state index in [1.807, 2.05) is 49.4 Å². The smallest absolute Gasteiger partial charge is 0.252 e. The van der Waals surface area contributed by atoms with E-state index in [1.54, 1.807) is 24.3 Å². The van der Waals surface area contributed by atoms with Gasteiger partial charge in [0.2, 0.25) is 11.8 Å². The Morgan fingerprint density at radius 1 is 0.966 bits per heavy atom. The summed E-state index contributed by atoms with van der Waals surface area (Å²) in [7, 11) is 0. The average Bonchev–Trinajstić information content (AvgIpc) is 3.23. The van der Waals surface area contributed by atoms with Crippen molar-refractivity contribution in [3.8, 4) is 11.5 Å². The summed E-state index contributed by atoms with van der Waals surface area (Å²) in [6.07, 6.45) is 0. The van der Waals surface area contributed by atoms with Crippen LogP contribution in [-0.4, -0.2) is 16.1 Å². The van der Waals surface area contributed by atoms with Gasteiger partial charge >= 0.3 is 0 Å². The molecule has 0 fully saturated rings. The zero-order valence-electron chi connectivity index (χ0n) is 15.7. The van der Waals surface area contributed by atoms with Crippen LogP contribution in [0.3, 0.4) is 0 Å². The lowest BCUT2D eigenvalue weighted by molar-refractivity contribution is 0.0938. The third-order valence-electron chi connectivity index (χ3n) is 4.47. The minimum Gasteiger partial charge on any atom is -0.418 e. The van der Waals surface area contributed by atoms with E-state index >= 15 is 0 Å². The Bertz CT molecular complexity index is 1120. The zero-order chi connectivity index (χ0) is 20.2. The van der Waals surface area contributed by atoms with Crippen LogP contribution in [0.15, 0.2) is 83.3 Å². The minimum atomic E-state index is -0.714. The summed E-state index contributed by atoms with van der Waals surface area (Å²) in [6.45, 7) is 1.92. The van der Waals surface area contributed by atoms with E-state index in [1.165, 1.54) is 12.1 Å². The first kappa shape index (κ1) is 18.6. The molecule has 5 nitrogen and oxygen atoms in total. The minimum absolute atomic E-state index is 0.219. The second-order valence-electron chi connectivity index (χ2n) is 6.64. The highest BCUT2D eigenvalue weighted by molar-refractivity contribution is 5.94. The topological polar surface area (TPSA) is 68.0 Å². The molecule has 0 saturated carbocycles. The molecule has 1 aromatic heterocycles. The fraction of sp³-hybridized carbons (Fsp3) is 0.0870. The second kappa shape index (κ2) is 8.06. The number of nitrogens with one attached hydrogen (secondary N) is 1. The molecule has 3 aromatic carbocycles. The SMILES string of the molecule is Cc1cccc(C(=O)NC(c2ccc(F)cc2)c2nnc(-c3ccccc3)o2)c1. The molecule has 0 spiro atoms. The van der Waals surface area contributed by atoms with Crippen molar-refractivity contribution >= 4 is 5.91 Å². The summed E-state index contributed by atoms with van der Waals surface area (Å²) < 4.78 is 19.3. The number of hydrogen-bond donors (Lipinski definition) is 1. The van der Waals surface area contributed by atoms with Gasteiger partial charge in [0.15, 0.2) is 0 Å². The maximum Gasteiger partial charge on any atom is 0.252 e. The molecule has 29 heavy (non-hydrogen) atoms. The lowest BCUT2D eigenvalue weighted by Crippen LogP contribution is -2.29. The summed E-state index contributed by atoms with van der Waals surface area (Å²) in [5.74, 6) is -0.0931. The van der Waals surface area contributed by atoms with Crippen LogP contribution in [0.1, 0.15) is 33.4 Å². The van der Waals surface area contributed by atoms with Crippen LogP contribution < -0.4 is 5.32 Å². The predicted molar refractivity (Wildman–Crippen MR) is 107 cm³/mol. The van der Waals surface area contributed by atoms with Gasteiger partial charge in [-0.25, -0.2) is 4.39 Å². The molecule has 1 heterocycles. The van der Waals surface area contributed by atoms with Crippen molar-refractivity contribution in [3.63, 3.8) is 0 Å². The third-order valence-corrected chi connectivity index (χ3v) is 4.47. The molecule has 0 radical (unpaired) electrons. The van der Waals surface area contributed by atoms with Gasteiger partial charge in [0.25, 0.3) is 5.91 Å². The van der Waals surface area contributed by atoms with Gasteiger partial charge in [-0.05, 0) is 48.9 Å². The number of nitrogens with zero attached hydrogens (tertiary/aromatic N) is 2. The molecule has 4 aromatic rings. The predicted octanol–water partition coefficient (Wildman–Crippen LogP) is 4.70. The van der Waals surface area contributed by atoms with E-state index in [2.05, 4.69) is 15.5 Å². The van der Waals surface area contributed by atoms with E-state index in [9.17, 15) is 9.18 Å². The largest absolute Gasteiger partial charge is 0.418 e. The van der Waals surface area contributed by atoms with Crippen LogP contribution in [0.5, 0.6) is 0 Å². The Hall–Kier alpha value is -3.80. The molecule has 144 valence electrons. The Balaban J connectivity index is 1.68. The molecule has 1 N–H and O–H groups in total. The standard InChI is InChI=1S/C23H18FN3O2/c1-15-6-5-9-18(14-15)21(28)25-20(16-10-12-19(24)13-11-16)23-27-26-22(29-23)17-7-3-2-4-8-17/h2-14,20H,1H3,(H,25,28). The van der Waals surface area contributed by atoms with Crippen LogP contribution in [0.4, 0.5) is 4.39 Å². The van der Waals surface area contributed by atoms with Crippen LogP contribution in [-0.2, 0) is 0 Å². The number of rotatable bonds is 5. The first-order valence-electron chi connectivity index (χ1n) is 9.12. The average molecular weight is 387 g/mol. The van der Waals surface area contributed by atoms with Crippen molar-refractivity contribution in [3.05, 3.63) is 107 Å². The second-order valence-corrected chi connectivity index (χ2v) is 6.64. The quantitative estimate of drug-likeness (QED) is 0.539. The summed E-state index contributed by atoms with van der Waals surface area (Å²) in [6, 6.07) is 21.7. The summed E-state index contributed by atoms with van der Waals surface area (Å²) in [5.41, 5.74) is 2.89. The molecule has 0 aliphatic carbocycles. The van der Waals surface area contributed by atoms with Gasteiger partial charge in [-0.15, -0.1) is 10.2 Å². The van der Waals surface area contributed by atoms with E-state index in [4.69, 9.17) is 4.42 Å². The van der Waals surface area contributed by atoms with Crippen LogP contribution >= 0.6 is 0 Å². The monoisotopic (exact) mass is 387 g/mol. The van der Waals surface area contributed by atoms with Gasteiger partial charge < -0.3 is 9.73 Å². The molecule has 0 aliphatic rings. The van der Waals surface area contributed by atoms with Crippen molar-refractivity contribution in [2.75, 3.05) is 0 Å². The molecule has 0 aliphatic heterocycles. The Labute approximate surface area is 167 Å². The number of carbonyl (C=O) groups excluding carboxylic acids is 1. The van der Waals surface area contributed by atoms with Gasteiger partial charge in [0.1, 0.15) is 11.9 Å². The number of aryl methyl sites for hydroxylation is 1. The lowest BCUT2D eigenvalue weighted by atomic mass is 10.1. The van der Waals surface area contributed by atoms with Gasteiger partial charge in [-0.3, -0.25) is 4.79 Å². The molecule has 0 saturated heterocycles. The molecule has 1 amide bonds. The van der Waals surface area contributed by atoms with Crippen molar-refractivity contribution in [2.45, 2.75) is 13.0 Å². The van der Waals surface area contributed by atoms with E-state index < -0.39 is 6.04 Å². The number of benzene rings is 3. The first-order chi connectivity index (χ1) is 14.1. The van der Waals surface area contributed by atoms with Crippen molar-refractivity contribution in [2.24, 2.45) is 0 Å². The fourth-order valence-corrected chi connectivity index (χ4v) is 2.99. The molecule has 4 rings (SSSR count). The van der Waals surface area contributed by atoms with Crippen LogP contribution in [0.25, 0.3) is 11.5 Å². The van der Waals surface area contributed by atoms with Crippen molar-refractivity contribution in [1.29, 1.82) is 0 Å². The summed E-state index contributed by atoms with van der Waals surface area (Å²) >= 11 is 0. The number of aromatic nitrogens is 2. The molecule has 6 heteroatoms. The first-order valence-corrected chi connectivity index (χ1v) is 9.12. The zero-order valence-corrected chi connectivity index (χ0v) is 15.7. The lowest BCUT2D eigenvalue weighted by Gasteiger charge is -2.16. The molecule has 1 atom stereocenters. The number of amides is 1. The summed E-state index contributed by atoms with van der Waals surface area (Å²) in [4.78, 5) is 12.8. The Kier molecular flexibility index (Phi) is 5.16. The number of halogens is 1. The molecular weight excluding hydrogens is 369 g/mol. The maximum atomic E-state index is 13.4. The Morgan fingerprint density at radius 2 is 1.72 bits per heavy atom. The highest BCUT2D eigenvalue weighted by Crippen LogP contribution is 2.25. The van der Waals surface area contributed by atoms with E-state index in [0.717, 1.165) is 11.1 Å². The van der Waals surface area contributed by atoms with Gasteiger partial charge in [0, 0.05) is 11.1 Å². The maximum absolute atomic E-state index is 13.4. The fourth-order valence-electron chi connectivity index (χ4n) is 2.99. The summed E-state index contributed by atoms with van der Waals surface area (Å²) in [5, 5.41) is 11.2. The third kappa shape index (κ3) is 4.21. The molecular formula is C23H18FN3O2. The highest BCUT2D eigenvalue weighted by Gasteiger charge is 2.24. The van der Waals surface area contributed by atoms with Crippen molar-refractivity contribution in [1.82, 2.24) is 15.5 Å². The van der Waals surface area contributed by atoms with E-state index in [-0.39, 0.29) is 17.6 Å². The van der Waals surface area contributed by atoms with Crippen LogP contribution in [0, 0.1) is 12.7 Å². The van der Waals surface area contributed by atoms with Crippen molar-refractivity contribution < 1.29 is 13.6 Å². The van der Waals surface area contributed by atoms with Gasteiger partial charge in [-0.2, -0.15) is 0 Å². The molecule has 0 bridgehead atoms. The number of hydrogen-bond acceptors (Lipinski definition) is 4. The highest BCUT2D eigenvalue weighted by atomic mass is 19.1. The Morgan fingerprint density at radius 3 is 2.45 bits per heavy atom.